The summed E-state index contributed by atoms with van der Waals surface area (Å²) in [6, 6.07) is 0. The van der Waals surface area contributed by atoms with Gasteiger partial charge in [0, 0.05) is 21.7 Å². The number of hydrogen-bond acceptors (Lipinski definition) is 1. The Morgan fingerprint density at radius 1 is 1.12 bits per heavy atom. The average molecular weight is 318 g/mol. The van der Waals surface area contributed by atoms with E-state index in [1.165, 1.54) is 0 Å². The van der Waals surface area contributed by atoms with E-state index in [-0.39, 0.29) is 76.2 Å². The summed E-state index contributed by atoms with van der Waals surface area (Å²) in [6.07, 6.45) is 10.0. The molecular formula is C13H29Cl2NTi-6. The normalized spacial score (nSPS) is 8.00. The zero-order chi connectivity index (χ0) is 7.82. The maximum absolute atomic E-state index is 3.61. The Morgan fingerprint density at radius 2 is 1.47 bits per heavy atom. The quantitative estimate of drug-likeness (QED) is 0.514. The minimum absolute atomic E-state index is 0. The molecule has 0 atom stereocenters. The molecule has 1 rings (SSSR count). The van der Waals surface area contributed by atoms with Crippen molar-refractivity contribution in [2.75, 3.05) is 20.6 Å². The molecule has 0 N–H and O–H groups in total. The number of nitrogens with zero attached hydrogens (tertiary/aromatic N) is 1. The van der Waals surface area contributed by atoms with Gasteiger partial charge in [0.25, 0.3) is 0 Å². The molecule has 0 aromatic carbocycles. The minimum atomic E-state index is 0. The fraction of sp³-hybridized carbons (Fsp3) is 0.308. The molecule has 0 aromatic heterocycles. The molecule has 1 aliphatic rings. The van der Waals surface area contributed by atoms with Crippen molar-refractivity contribution in [3.05, 3.63) is 60.9 Å². The van der Waals surface area contributed by atoms with Gasteiger partial charge in [0.1, 0.15) is 0 Å². The molecule has 110 valence electrons. The summed E-state index contributed by atoms with van der Waals surface area (Å²) in [4.78, 5) is 2.01. The third-order valence-electron chi connectivity index (χ3n) is 1.03. The third kappa shape index (κ3) is 60.7. The van der Waals surface area contributed by atoms with Crippen LogP contribution in [0.5, 0.6) is 0 Å². The summed E-state index contributed by atoms with van der Waals surface area (Å²) >= 11 is 0. The summed E-state index contributed by atoms with van der Waals surface area (Å²) in [5.41, 5.74) is 0. The van der Waals surface area contributed by atoms with E-state index in [2.05, 4.69) is 19.1 Å². The van der Waals surface area contributed by atoms with Crippen LogP contribution >= 0.6 is 24.8 Å². The van der Waals surface area contributed by atoms with Gasteiger partial charge in [0.2, 0.25) is 0 Å². The van der Waals surface area contributed by atoms with Gasteiger partial charge in [-0.1, -0.05) is 0 Å². The molecule has 0 unspecified atom stereocenters. The van der Waals surface area contributed by atoms with Crippen molar-refractivity contribution in [3.63, 3.8) is 0 Å². The first-order valence-corrected chi connectivity index (χ1v) is 3.43. The first-order chi connectivity index (χ1) is 4.77. The Morgan fingerprint density at radius 3 is 1.53 bits per heavy atom. The van der Waals surface area contributed by atoms with Crippen LogP contribution in [0, 0.1) is 42.7 Å². The van der Waals surface area contributed by atoms with Crippen LogP contribution in [0.3, 0.4) is 0 Å². The van der Waals surface area contributed by atoms with E-state index in [4.69, 9.17) is 0 Å². The first kappa shape index (κ1) is 52.4. The van der Waals surface area contributed by atoms with Crippen LogP contribution in [0.25, 0.3) is 0 Å². The molecule has 0 saturated heterocycles. The fourth-order valence-corrected chi connectivity index (χ4v) is 0.340. The topological polar surface area (TPSA) is 3.24 Å². The van der Waals surface area contributed by atoms with Crippen LogP contribution in [-0.4, -0.2) is 25.5 Å². The minimum Gasteiger partial charge on any atom is -0.358 e. The molecule has 1 nitrogen and oxygen atoms in total. The summed E-state index contributed by atoms with van der Waals surface area (Å²) in [6.45, 7) is 4.50. The number of rotatable bonds is 1. The predicted molar refractivity (Wildman–Crippen MR) is 85.6 cm³/mol. The molecule has 0 saturated carbocycles. The van der Waals surface area contributed by atoms with Gasteiger partial charge < -0.3 is 41.5 Å². The maximum Gasteiger partial charge on any atom is 0 e. The van der Waals surface area contributed by atoms with Gasteiger partial charge in [-0.15, -0.1) is 37.8 Å². The summed E-state index contributed by atoms with van der Waals surface area (Å²) in [5.74, 6) is 0. The van der Waals surface area contributed by atoms with Gasteiger partial charge in [0.05, 0.1) is 0 Å². The van der Waals surface area contributed by atoms with Crippen molar-refractivity contribution in [1.82, 2.24) is 4.90 Å². The molecule has 0 fully saturated rings. The van der Waals surface area contributed by atoms with Crippen LogP contribution in [0.4, 0.5) is 0 Å². The van der Waals surface area contributed by atoms with Crippen molar-refractivity contribution in [3.8, 4) is 0 Å². The van der Waals surface area contributed by atoms with Gasteiger partial charge >= 0.3 is 0 Å². The number of halogens is 2. The average Bonchev–Trinajstić information content (AvgIpc) is 2.43. The zero-order valence-electron chi connectivity index (χ0n) is 12.1. The Labute approximate surface area is 139 Å². The largest absolute Gasteiger partial charge is 0.358 e. The van der Waals surface area contributed by atoms with E-state index in [1.54, 1.807) is 0 Å². The molecular weight excluding hydrogens is 289 g/mol. The van der Waals surface area contributed by atoms with Gasteiger partial charge in [-0.2, -0.15) is 6.08 Å². The Bertz CT molecular complexity index is 117. The zero-order valence-corrected chi connectivity index (χ0v) is 15.3. The molecule has 0 aliphatic heterocycles. The van der Waals surface area contributed by atoms with Gasteiger partial charge in [-0.05, 0) is 14.1 Å². The first-order valence-electron chi connectivity index (χ1n) is 3.43. The van der Waals surface area contributed by atoms with Gasteiger partial charge in [-0.3, -0.25) is 6.08 Å². The SMILES string of the molecule is Cl.Cl.[C-]1=CC=CC1.[CH2-]CN(C)C.[CH3-].[CH3-].[CH3-].[CH3-].[Ti]. The van der Waals surface area contributed by atoms with E-state index in [9.17, 15) is 0 Å². The van der Waals surface area contributed by atoms with E-state index >= 15 is 0 Å². The van der Waals surface area contributed by atoms with Crippen molar-refractivity contribution in [1.29, 1.82) is 0 Å². The van der Waals surface area contributed by atoms with Crippen LogP contribution in [0.2, 0.25) is 0 Å². The van der Waals surface area contributed by atoms with Crippen molar-refractivity contribution in [2.45, 2.75) is 6.42 Å². The third-order valence-corrected chi connectivity index (χ3v) is 1.03. The maximum atomic E-state index is 3.61. The van der Waals surface area contributed by atoms with Crippen molar-refractivity contribution in [2.24, 2.45) is 0 Å². The number of hydrogen-bond donors (Lipinski definition) is 0. The second-order valence-electron chi connectivity index (χ2n) is 2.31. The van der Waals surface area contributed by atoms with Gasteiger partial charge in [0.15, 0.2) is 0 Å². The van der Waals surface area contributed by atoms with Crippen LogP contribution in [-0.2, 0) is 21.7 Å². The molecule has 0 amide bonds. The van der Waals surface area contributed by atoms with E-state index in [0.717, 1.165) is 13.0 Å². The molecule has 4 heteroatoms. The molecule has 0 radical (unpaired) electrons. The van der Waals surface area contributed by atoms with Gasteiger partial charge in [-0.25, -0.2) is 12.2 Å². The van der Waals surface area contributed by atoms with Crippen molar-refractivity contribution >= 4 is 24.8 Å². The second kappa shape index (κ2) is 43.7. The number of allylic oxidation sites excluding steroid dienone is 4. The fourth-order valence-electron chi connectivity index (χ4n) is 0.340. The Hall–Kier alpha value is 0.734. The smallest absolute Gasteiger partial charge is 0 e. The van der Waals surface area contributed by atoms with Crippen LogP contribution < -0.4 is 0 Å². The molecule has 0 heterocycles. The second-order valence-corrected chi connectivity index (χ2v) is 2.31. The summed E-state index contributed by atoms with van der Waals surface area (Å²) in [5, 5.41) is 0. The summed E-state index contributed by atoms with van der Waals surface area (Å²) < 4.78 is 0. The van der Waals surface area contributed by atoms with Crippen molar-refractivity contribution < 1.29 is 21.7 Å². The van der Waals surface area contributed by atoms with E-state index in [0.29, 0.717) is 0 Å². The summed E-state index contributed by atoms with van der Waals surface area (Å²) in [7, 11) is 3.99. The predicted octanol–water partition coefficient (Wildman–Crippen LogP) is 4.33. The molecule has 17 heavy (non-hydrogen) atoms. The standard InChI is InChI=1S/C5H5.C4H10N.4CH3.2ClH.Ti/c1-2-4-5-3-1;1-4-5(2)3;;;;;;;/h1-3H,4H2;1,4H2,2-3H3;4*1H3;2*1H;/q6*-1;;;. The molecule has 0 aromatic rings. The molecule has 0 bridgehead atoms. The van der Waals surface area contributed by atoms with Crippen LogP contribution in [0.1, 0.15) is 6.42 Å². The van der Waals surface area contributed by atoms with E-state index in [1.807, 2.05) is 31.1 Å². The van der Waals surface area contributed by atoms with Crippen LogP contribution in [0.15, 0.2) is 18.2 Å². The Kier molecular flexibility index (Phi) is 135. The molecule has 1 aliphatic carbocycles. The van der Waals surface area contributed by atoms with E-state index < -0.39 is 0 Å². The Balaban J connectivity index is -0.0000000112. The monoisotopic (exact) mass is 317 g/mol. The molecule has 0 spiro atoms.